The Labute approximate surface area is 177 Å². The average Bonchev–Trinajstić information content (AvgIpc) is 2.71. The zero-order valence-corrected chi connectivity index (χ0v) is 17.0. The number of ketones is 1. The van der Waals surface area contributed by atoms with Crippen molar-refractivity contribution in [3.63, 3.8) is 0 Å². The van der Waals surface area contributed by atoms with E-state index in [4.69, 9.17) is 4.74 Å². The van der Waals surface area contributed by atoms with E-state index in [1.165, 1.54) is 29.6 Å². The van der Waals surface area contributed by atoms with Gasteiger partial charge in [-0.2, -0.15) is 13.2 Å². The van der Waals surface area contributed by atoms with E-state index in [0.717, 1.165) is 12.0 Å². The van der Waals surface area contributed by atoms with Gasteiger partial charge >= 0.3 is 12.2 Å². The maximum atomic E-state index is 14.0. The van der Waals surface area contributed by atoms with Crippen molar-refractivity contribution in [1.29, 1.82) is 0 Å². The lowest BCUT2D eigenvalue weighted by Crippen LogP contribution is -2.72. The van der Waals surface area contributed by atoms with Crippen molar-refractivity contribution in [3.8, 4) is 5.75 Å². The van der Waals surface area contributed by atoms with Gasteiger partial charge in [0.15, 0.2) is 5.78 Å². The molecule has 2 aromatic rings. The van der Waals surface area contributed by atoms with Gasteiger partial charge in [-0.15, -0.1) is 0 Å². The van der Waals surface area contributed by atoms with Crippen LogP contribution in [0.1, 0.15) is 40.9 Å². The monoisotopic (exact) mass is 436 g/mol. The van der Waals surface area contributed by atoms with Gasteiger partial charge in [-0.1, -0.05) is 48.9 Å². The van der Waals surface area contributed by atoms with Crippen LogP contribution in [-0.4, -0.2) is 35.4 Å². The van der Waals surface area contributed by atoms with Gasteiger partial charge in [0.05, 0.1) is 12.6 Å². The molecule has 2 aromatic carbocycles. The lowest BCUT2D eigenvalue weighted by atomic mass is 9.77. The van der Waals surface area contributed by atoms with Crippen LogP contribution >= 0.6 is 0 Å². The normalized spacial score (nSPS) is 23.6. The molecule has 1 saturated heterocycles. The highest BCUT2D eigenvalue weighted by Gasteiger charge is 2.66. The van der Waals surface area contributed by atoms with Gasteiger partial charge < -0.3 is 20.5 Å². The summed E-state index contributed by atoms with van der Waals surface area (Å²) in [4.78, 5) is 25.3. The van der Waals surface area contributed by atoms with E-state index in [9.17, 15) is 27.9 Å². The fraction of sp³-hybridized carbons (Fsp3) is 0.364. The Morgan fingerprint density at radius 3 is 2.48 bits per heavy atom. The molecule has 3 atom stereocenters. The number of alkyl halides is 3. The van der Waals surface area contributed by atoms with Crippen LogP contribution in [0.2, 0.25) is 0 Å². The largest absolute Gasteiger partial charge is 0.494 e. The first-order chi connectivity index (χ1) is 14.6. The summed E-state index contributed by atoms with van der Waals surface area (Å²) in [7, 11) is 0. The van der Waals surface area contributed by atoms with Crippen LogP contribution in [0.5, 0.6) is 5.75 Å². The van der Waals surface area contributed by atoms with Crippen LogP contribution in [0, 0.1) is 12.8 Å². The van der Waals surface area contributed by atoms with Gasteiger partial charge in [0, 0.05) is 5.56 Å². The van der Waals surface area contributed by atoms with Crippen LogP contribution in [-0.2, 0) is 0 Å². The van der Waals surface area contributed by atoms with E-state index >= 15 is 0 Å². The molecule has 3 unspecified atom stereocenters. The summed E-state index contributed by atoms with van der Waals surface area (Å²) >= 11 is 0. The van der Waals surface area contributed by atoms with E-state index in [1.807, 2.05) is 6.92 Å². The molecule has 31 heavy (non-hydrogen) atoms. The minimum absolute atomic E-state index is 0.0142. The number of aliphatic hydroxyl groups is 1. The number of hydrogen-bond acceptors (Lipinski definition) is 4. The number of urea groups is 1. The number of benzene rings is 2. The van der Waals surface area contributed by atoms with Crippen molar-refractivity contribution in [2.45, 2.75) is 38.2 Å². The summed E-state index contributed by atoms with van der Waals surface area (Å²) in [6.07, 6.45) is -4.58. The van der Waals surface area contributed by atoms with E-state index in [-0.39, 0.29) is 11.1 Å². The quantitative estimate of drug-likeness (QED) is 0.600. The summed E-state index contributed by atoms with van der Waals surface area (Å²) in [6.45, 7) is 4.06. The number of amides is 2. The smallest absolute Gasteiger partial charge is 0.437 e. The van der Waals surface area contributed by atoms with E-state index < -0.39 is 35.7 Å². The van der Waals surface area contributed by atoms with Gasteiger partial charge in [0.25, 0.3) is 0 Å². The van der Waals surface area contributed by atoms with Gasteiger partial charge in [-0.3, -0.25) is 4.79 Å². The molecule has 2 amide bonds. The zero-order valence-electron chi connectivity index (χ0n) is 17.0. The number of Topliss-reactive ketones (excluding diaryl/α,β-unsaturated/α-hetero) is 1. The first kappa shape index (κ1) is 22.6. The molecule has 3 N–H and O–H groups in total. The maximum Gasteiger partial charge on any atom is 0.437 e. The SMILES string of the molecule is CCCOc1cccc(C2NC(=O)NC(O)(C(F)(F)F)C2C(=O)c2ccc(C)cc2)c1. The minimum atomic E-state index is -5.30. The third kappa shape index (κ3) is 4.51. The number of ether oxygens (including phenoxy) is 1. The number of nitrogens with one attached hydrogen (secondary N) is 2. The molecule has 1 aliphatic heterocycles. The van der Waals surface area contributed by atoms with Gasteiger partial charge in [-0.25, -0.2) is 4.79 Å². The van der Waals surface area contributed by atoms with Crippen LogP contribution in [0.4, 0.5) is 18.0 Å². The molecule has 0 radical (unpaired) electrons. The second kappa shape index (κ2) is 8.58. The van der Waals surface area contributed by atoms with E-state index in [1.54, 1.807) is 31.2 Å². The fourth-order valence-corrected chi connectivity index (χ4v) is 3.53. The molecule has 6 nitrogen and oxygen atoms in total. The first-order valence-corrected chi connectivity index (χ1v) is 9.78. The number of carbonyl (C=O) groups excluding carboxylic acids is 2. The van der Waals surface area contributed by atoms with Crippen LogP contribution < -0.4 is 15.4 Å². The standard InChI is InChI=1S/C22H23F3N2O4/c1-3-11-31-16-6-4-5-15(12-16)18-17(19(28)14-9-7-13(2)8-10-14)21(30,22(23,24)25)27-20(29)26-18/h4-10,12,17-18,30H,3,11H2,1-2H3,(H2,26,27,29). The third-order valence-corrected chi connectivity index (χ3v) is 5.11. The lowest BCUT2D eigenvalue weighted by molar-refractivity contribution is -0.287. The van der Waals surface area contributed by atoms with Crippen LogP contribution in [0.25, 0.3) is 0 Å². The van der Waals surface area contributed by atoms with E-state index in [2.05, 4.69) is 5.32 Å². The molecule has 1 fully saturated rings. The fourth-order valence-electron chi connectivity index (χ4n) is 3.53. The summed E-state index contributed by atoms with van der Waals surface area (Å²) in [6, 6.07) is 9.37. The predicted octanol–water partition coefficient (Wildman–Crippen LogP) is 3.89. The van der Waals surface area contributed by atoms with Crippen molar-refractivity contribution in [3.05, 3.63) is 65.2 Å². The average molecular weight is 436 g/mol. The third-order valence-electron chi connectivity index (χ3n) is 5.11. The number of halogens is 3. The highest BCUT2D eigenvalue weighted by Crippen LogP contribution is 2.44. The van der Waals surface area contributed by atoms with Gasteiger partial charge in [0.1, 0.15) is 11.7 Å². The minimum Gasteiger partial charge on any atom is -0.494 e. The maximum absolute atomic E-state index is 14.0. The molecule has 0 saturated carbocycles. The molecule has 0 aliphatic carbocycles. The van der Waals surface area contributed by atoms with Crippen molar-refractivity contribution in [2.24, 2.45) is 5.92 Å². The van der Waals surface area contributed by atoms with Crippen molar-refractivity contribution in [2.75, 3.05) is 6.61 Å². The summed E-state index contributed by atoms with van der Waals surface area (Å²) in [5.74, 6) is -2.66. The van der Waals surface area contributed by atoms with Crippen molar-refractivity contribution >= 4 is 11.8 Å². The number of hydrogen-bond donors (Lipinski definition) is 3. The Morgan fingerprint density at radius 2 is 1.87 bits per heavy atom. The van der Waals surface area contributed by atoms with E-state index in [0.29, 0.717) is 12.4 Å². The zero-order chi connectivity index (χ0) is 22.8. The van der Waals surface area contributed by atoms with Gasteiger partial charge in [-0.05, 0) is 31.0 Å². The second-order valence-electron chi connectivity index (χ2n) is 7.47. The molecule has 0 spiro atoms. The summed E-state index contributed by atoms with van der Waals surface area (Å²) in [5.41, 5.74) is -2.76. The van der Waals surface area contributed by atoms with Crippen molar-refractivity contribution in [1.82, 2.24) is 10.6 Å². The molecular formula is C22H23F3N2O4. The Balaban J connectivity index is 2.11. The van der Waals surface area contributed by atoms with Crippen molar-refractivity contribution < 1.29 is 32.6 Å². The molecule has 3 rings (SSSR count). The lowest BCUT2D eigenvalue weighted by Gasteiger charge is -2.45. The topological polar surface area (TPSA) is 87.7 Å². The second-order valence-corrected chi connectivity index (χ2v) is 7.47. The Morgan fingerprint density at radius 1 is 1.19 bits per heavy atom. The summed E-state index contributed by atoms with van der Waals surface area (Å²) in [5, 5.41) is 14.5. The summed E-state index contributed by atoms with van der Waals surface area (Å²) < 4.78 is 47.4. The van der Waals surface area contributed by atoms with Crippen LogP contribution in [0.15, 0.2) is 48.5 Å². The molecule has 1 aliphatic rings. The Bertz CT molecular complexity index is 962. The first-order valence-electron chi connectivity index (χ1n) is 9.78. The molecule has 0 aromatic heterocycles. The Hall–Kier alpha value is -3.07. The molecule has 166 valence electrons. The number of aryl methyl sites for hydroxylation is 1. The predicted molar refractivity (Wildman–Crippen MR) is 107 cm³/mol. The molecule has 9 heteroatoms. The van der Waals surface area contributed by atoms with Crippen LogP contribution in [0.3, 0.4) is 0 Å². The number of rotatable bonds is 6. The van der Waals surface area contributed by atoms with Gasteiger partial charge in [0.2, 0.25) is 5.72 Å². The highest BCUT2D eigenvalue weighted by atomic mass is 19.4. The molecular weight excluding hydrogens is 413 g/mol. The molecule has 0 bridgehead atoms. The Kier molecular flexibility index (Phi) is 6.26. The number of carbonyl (C=O) groups is 2. The highest BCUT2D eigenvalue weighted by molar-refractivity contribution is 6.00. The molecule has 1 heterocycles.